The molecule has 2 atom stereocenters. The van der Waals surface area contributed by atoms with Gasteiger partial charge in [0.05, 0.1) is 17.3 Å². The molecule has 5 heteroatoms. The lowest BCUT2D eigenvalue weighted by Gasteiger charge is -2.49. The van der Waals surface area contributed by atoms with Crippen LogP contribution in [0.4, 0.5) is 5.69 Å². The topological polar surface area (TPSA) is 72.5 Å². The minimum Gasteiger partial charge on any atom is -0.393 e. The number of cyclic esters (lactones) is 2. The summed E-state index contributed by atoms with van der Waals surface area (Å²) in [6.07, 6.45) is 2.93. The lowest BCUT2D eigenvalue weighted by Crippen LogP contribution is -2.55. The number of para-hydroxylation sites is 1. The quantitative estimate of drug-likeness (QED) is 0.670. The molecule has 1 aromatic carbocycles. The third kappa shape index (κ3) is 1.74. The molecule has 5 rings (SSSR count). The maximum atomic E-state index is 12.9. The van der Waals surface area contributed by atoms with Crippen molar-refractivity contribution in [3.8, 4) is 0 Å². The number of carbonyl (C=O) groups is 3. The highest BCUT2D eigenvalue weighted by Gasteiger charge is 2.66. The Kier molecular flexibility index (Phi) is 2.86. The van der Waals surface area contributed by atoms with Crippen molar-refractivity contribution in [3.63, 3.8) is 0 Å². The monoisotopic (exact) mass is 299 g/mol. The number of anilines is 1. The van der Waals surface area contributed by atoms with Crippen molar-refractivity contribution >= 4 is 23.5 Å². The van der Waals surface area contributed by atoms with Crippen molar-refractivity contribution in [3.05, 3.63) is 30.3 Å². The van der Waals surface area contributed by atoms with Gasteiger partial charge < -0.3 is 10.1 Å². The Hall–Kier alpha value is -2.17. The standard InChI is InChI=1S/C17H17NO4/c19-14-12-10-6-8-17(9-7-10,13(12)15(20)22-14)16(21)18-11-4-2-1-3-5-11/h1-5,10,12-13H,6-9H2,(H,18,21)/t10?,12-,13+,17?/m0/s1. The molecule has 1 aliphatic heterocycles. The SMILES string of the molecule is O=C1OC(=O)[C@H]2[C@@H]1C1CCC2(C(=O)Nc2ccccc2)CC1. The molecule has 1 heterocycles. The first-order valence-electron chi connectivity index (χ1n) is 7.74. The van der Waals surface area contributed by atoms with Gasteiger partial charge >= 0.3 is 11.9 Å². The largest absolute Gasteiger partial charge is 0.393 e. The molecule has 5 nitrogen and oxygen atoms in total. The van der Waals surface area contributed by atoms with E-state index < -0.39 is 29.2 Å². The summed E-state index contributed by atoms with van der Waals surface area (Å²) in [4.78, 5) is 37.0. The maximum absolute atomic E-state index is 12.9. The number of ether oxygens (including phenoxy) is 1. The molecular formula is C17H17NO4. The molecule has 2 bridgehead atoms. The second kappa shape index (κ2) is 4.66. The van der Waals surface area contributed by atoms with E-state index in [2.05, 4.69) is 5.32 Å². The second-order valence-electron chi connectivity index (χ2n) is 6.56. The van der Waals surface area contributed by atoms with Crippen molar-refractivity contribution in [2.45, 2.75) is 25.7 Å². The van der Waals surface area contributed by atoms with Crippen LogP contribution >= 0.6 is 0 Å². The normalized spacial score (nSPS) is 35.9. The van der Waals surface area contributed by atoms with E-state index in [9.17, 15) is 14.4 Å². The molecule has 114 valence electrons. The molecule has 0 spiro atoms. The Balaban J connectivity index is 1.68. The van der Waals surface area contributed by atoms with E-state index in [1.807, 2.05) is 30.3 Å². The Labute approximate surface area is 128 Å². The van der Waals surface area contributed by atoms with E-state index in [1.54, 1.807) is 0 Å². The number of hydrogen-bond donors (Lipinski definition) is 1. The van der Waals surface area contributed by atoms with Crippen molar-refractivity contribution in [2.24, 2.45) is 23.2 Å². The van der Waals surface area contributed by atoms with Gasteiger partial charge in [-0.2, -0.15) is 0 Å². The highest BCUT2D eigenvalue weighted by Crippen LogP contribution is 2.59. The molecule has 1 amide bonds. The van der Waals surface area contributed by atoms with Crippen LogP contribution in [0.3, 0.4) is 0 Å². The van der Waals surface area contributed by atoms with E-state index in [0.29, 0.717) is 18.5 Å². The van der Waals surface area contributed by atoms with Crippen LogP contribution in [-0.4, -0.2) is 17.8 Å². The van der Waals surface area contributed by atoms with Crippen LogP contribution in [-0.2, 0) is 19.1 Å². The van der Waals surface area contributed by atoms with Crippen molar-refractivity contribution in [1.82, 2.24) is 0 Å². The fourth-order valence-corrected chi connectivity index (χ4v) is 4.52. The van der Waals surface area contributed by atoms with Gasteiger partial charge in [-0.1, -0.05) is 18.2 Å². The molecule has 3 aliphatic carbocycles. The van der Waals surface area contributed by atoms with E-state index in [0.717, 1.165) is 12.8 Å². The fraction of sp³-hybridized carbons (Fsp3) is 0.471. The van der Waals surface area contributed by atoms with E-state index in [-0.39, 0.29) is 11.8 Å². The molecule has 0 unspecified atom stereocenters. The molecular weight excluding hydrogens is 282 g/mol. The number of nitrogens with one attached hydrogen (secondary N) is 1. The number of rotatable bonds is 2. The second-order valence-corrected chi connectivity index (χ2v) is 6.56. The summed E-state index contributed by atoms with van der Waals surface area (Å²) in [6, 6.07) is 9.21. The zero-order valence-corrected chi connectivity index (χ0v) is 12.1. The van der Waals surface area contributed by atoms with Gasteiger partial charge in [-0.25, -0.2) is 0 Å². The average molecular weight is 299 g/mol. The smallest absolute Gasteiger partial charge is 0.318 e. The summed E-state index contributed by atoms with van der Waals surface area (Å²) >= 11 is 0. The number of fused-ring (bicyclic) bond motifs is 2. The Bertz CT molecular complexity index is 646. The zero-order valence-electron chi connectivity index (χ0n) is 12.1. The van der Waals surface area contributed by atoms with Gasteiger partial charge in [0.1, 0.15) is 0 Å². The van der Waals surface area contributed by atoms with Gasteiger partial charge in [0.15, 0.2) is 0 Å². The van der Waals surface area contributed by atoms with E-state index >= 15 is 0 Å². The fourth-order valence-electron chi connectivity index (χ4n) is 4.52. The molecule has 0 radical (unpaired) electrons. The van der Waals surface area contributed by atoms with Crippen LogP contribution < -0.4 is 5.32 Å². The number of hydrogen-bond acceptors (Lipinski definition) is 4. The molecule has 0 aromatic heterocycles. The third-order valence-electron chi connectivity index (χ3n) is 5.60. The summed E-state index contributed by atoms with van der Waals surface area (Å²) in [5, 5.41) is 2.92. The van der Waals surface area contributed by atoms with Crippen LogP contribution in [0.5, 0.6) is 0 Å². The lowest BCUT2D eigenvalue weighted by atomic mass is 9.51. The number of carbonyl (C=O) groups excluding carboxylic acids is 3. The summed E-state index contributed by atoms with van der Waals surface area (Å²) in [5.41, 5.74) is -0.0813. The van der Waals surface area contributed by atoms with Crippen molar-refractivity contribution < 1.29 is 19.1 Å². The van der Waals surface area contributed by atoms with Gasteiger partial charge in [0.25, 0.3) is 0 Å². The Morgan fingerprint density at radius 2 is 1.77 bits per heavy atom. The van der Waals surface area contributed by atoms with E-state index in [1.165, 1.54) is 0 Å². The minimum absolute atomic E-state index is 0.154. The molecule has 3 saturated carbocycles. The summed E-state index contributed by atoms with van der Waals surface area (Å²) < 4.78 is 4.86. The van der Waals surface area contributed by atoms with Crippen LogP contribution in [0.2, 0.25) is 0 Å². The van der Waals surface area contributed by atoms with Gasteiger partial charge in [0, 0.05) is 5.69 Å². The molecule has 4 aliphatic rings. The van der Waals surface area contributed by atoms with Crippen molar-refractivity contribution in [2.75, 3.05) is 5.32 Å². The molecule has 4 fully saturated rings. The first-order valence-corrected chi connectivity index (χ1v) is 7.74. The highest BCUT2D eigenvalue weighted by molar-refractivity contribution is 6.04. The zero-order chi connectivity index (χ0) is 15.3. The third-order valence-corrected chi connectivity index (χ3v) is 5.60. The predicted molar refractivity (Wildman–Crippen MR) is 77.5 cm³/mol. The highest BCUT2D eigenvalue weighted by atomic mass is 16.6. The first-order chi connectivity index (χ1) is 10.6. The van der Waals surface area contributed by atoms with Crippen LogP contribution in [0.15, 0.2) is 30.3 Å². The molecule has 22 heavy (non-hydrogen) atoms. The van der Waals surface area contributed by atoms with Gasteiger partial charge in [-0.3, -0.25) is 14.4 Å². The number of amides is 1. The first kappa shape index (κ1) is 13.5. The predicted octanol–water partition coefficient (Wildman–Crippen LogP) is 2.13. The van der Waals surface area contributed by atoms with Crippen molar-refractivity contribution in [1.29, 1.82) is 0 Å². The molecule has 1 saturated heterocycles. The summed E-state index contributed by atoms with van der Waals surface area (Å²) in [7, 11) is 0. The summed E-state index contributed by atoms with van der Waals surface area (Å²) in [5.74, 6) is -1.93. The molecule has 1 aromatic rings. The van der Waals surface area contributed by atoms with Gasteiger partial charge in [-0.05, 0) is 43.7 Å². The Morgan fingerprint density at radius 1 is 1.09 bits per heavy atom. The lowest BCUT2D eigenvalue weighted by molar-refractivity contribution is -0.157. The van der Waals surface area contributed by atoms with Gasteiger partial charge in [-0.15, -0.1) is 0 Å². The summed E-state index contributed by atoms with van der Waals surface area (Å²) in [6.45, 7) is 0. The van der Waals surface area contributed by atoms with Gasteiger partial charge in [0.2, 0.25) is 5.91 Å². The van der Waals surface area contributed by atoms with Crippen LogP contribution in [0, 0.1) is 23.2 Å². The minimum atomic E-state index is -0.793. The maximum Gasteiger partial charge on any atom is 0.318 e. The van der Waals surface area contributed by atoms with E-state index in [4.69, 9.17) is 4.74 Å². The Morgan fingerprint density at radius 3 is 2.45 bits per heavy atom. The number of esters is 2. The van der Waals surface area contributed by atoms with Crippen LogP contribution in [0.25, 0.3) is 0 Å². The molecule has 1 N–H and O–H groups in total. The average Bonchev–Trinajstić information content (AvgIpc) is 2.87. The van der Waals surface area contributed by atoms with Crippen LogP contribution in [0.1, 0.15) is 25.7 Å². The number of benzene rings is 1.